The molecule has 2 heterocycles. The van der Waals surface area contributed by atoms with Crippen LogP contribution in [0.2, 0.25) is 0 Å². The molecule has 1 aliphatic heterocycles. The van der Waals surface area contributed by atoms with Crippen LogP contribution in [0.25, 0.3) is 22.3 Å². The third kappa shape index (κ3) is 6.49. The molecule has 1 atom stereocenters. The highest BCUT2D eigenvalue weighted by Gasteiger charge is 2.23. The van der Waals surface area contributed by atoms with Crippen molar-refractivity contribution in [2.45, 2.75) is 58.5 Å². The lowest BCUT2D eigenvalue weighted by molar-refractivity contribution is -0.124. The van der Waals surface area contributed by atoms with Crippen molar-refractivity contribution < 1.29 is 14.3 Å². The second-order valence-corrected chi connectivity index (χ2v) is 9.97. The highest BCUT2D eigenvalue weighted by molar-refractivity contribution is 5.84. The third-order valence-corrected chi connectivity index (χ3v) is 6.73. The molecule has 8 nitrogen and oxygen atoms in total. The van der Waals surface area contributed by atoms with Crippen molar-refractivity contribution in [2.24, 2.45) is 0 Å². The van der Waals surface area contributed by atoms with Gasteiger partial charge in [0.2, 0.25) is 5.91 Å². The number of carbonyl (C=O) groups is 1. The number of methoxy groups -OCH3 is 1. The van der Waals surface area contributed by atoms with Gasteiger partial charge < -0.3 is 19.7 Å². The molecule has 1 saturated heterocycles. The van der Waals surface area contributed by atoms with E-state index >= 15 is 0 Å². The first kappa shape index (κ1) is 26.7. The minimum Gasteiger partial charge on any atom is -0.497 e. The quantitative estimate of drug-likeness (QED) is 0.410. The standard InChI is InChI=1S/C29H38N4O4/c1-20(2)30-28(34)21(3)33-27(22-10-8-11-23(18-22)36-4)31-26-19-24(12-13-25(26)29(33)35)37-17-9-16-32-14-6-5-7-15-32/h8,10-13,18-21H,5-7,9,14-17H2,1-4H3,(H,30,34)/t21-/m0/s1. The molecule has 37 heavy (non-hydrogen) atoms. The molecule has 1 aliphatic rings. The first-order valence-electron chi connectivity index (χ1n) is 13.2. The van der Waals surface area contributed by atoms with Crippen molar-refractivity contribution in [3.05, 3.63) is 52.8 Å². The summed E-state index contributed by atoms with van der Waals surface area (Å²) in [6.45, 7) is 9.49. The molecule has 1 aromatic heterocycles. The molecule has 2 aromatic carbocycles. The third-order valence-electron chi connectivity index (χ3n) is 6.73. The number of aromatic nitrogens is 2. The summed E-state index contributed by atoms with van der Waals surface area (Å²) in [4.78, 5) is 34.0. The van der Waals surface area contributed by atoms with Gasteiger partial charge in [-0.05, 0) is 77.4 Å². The highest BCUT2D eigenvalue weighted by atomic mass is 16.5. The van der Waals surface area contributed by atoms with E-state index in [0.29, 0.717) is 40.4 Å². The highest BCUT2D eigenvalue weighted by Crippen LogP contribution is 2.27. The Hall–Kier alpha value is -3.39. The summed E-state index contributed by atoms with van der Waals surface area (Å²) in [6, 6.07) is 11.9. The Kier molecular flexibility index (Phi) is 8.82. The molecule has 8 heteroatoms. The van der Waals surface area contributed by atoms with Crippen molar-refractivity contribution >= 4 is 16.8 Å². The van der Waals surface area contributed by atoms with Crippen LogP contribution in [0, 0.1) is 0 Å². The maximum atomic E-state index is 13.7. The summed E-state index contributed by atoms with van der Waals surface area (Å²) in [5.74, 6) is 1.49. The second-order valence-electron chi connectivity index (χ2n) is 9.97. The van der Waals surface area contributed by atoms with Crippen molar-refractivity contribution in [2.75, 3.05) is 33.4 Å². The summed E-state index contributed by atoms with van der Waals surface area (Å²) < 4.78 is 12.9. The molecule has 0 saturated carbocycles. The number of piperidine rings is 1. The number of rotatable bonds is 10. The van der Waals surface area contributed by atoms with Gasteiger partial charge in [0.15, 0.2) is 0 Å². The van der Waals surface area contributed by atoms with Crippen LogP contribution in [0.4, 0.5) is 0 Å². The van der Waals surface area contributed by atoms with Gasteiger partial charge in [0.1, 0.15) is 23.4 Å². The zero-order valence-electron chi connectivity index (χ0n) is 22.3. The summed E-state index contributed by atoms with van der Waals surface area (Å²) in [5.41, 5.74) is 0.949. The van der Waals surface area contributed by atoms with Crippen molar-refractivity contribution in [3.63, 3.8) is 0 Å². The van der Waals surface area contributed by atoms with E-state index in [0.717, 1.165) is 13.0 Å². The fraction of sp³-hybridized carbons (Fsp3) is 0.483. The molecule has 0 bridgehead atoms. The second kappa shape index (κ2) is 12.2. The van der Waals surface area contributed by atoms with Gasteiger partial charge in [-0.1, -0.05) is 18.6 Å². The number of nitrogens with zero attached hydrogens (tertiary/aromatic N) is 3. The first-order valence-corrected chi connectivity index (χ1v) is 13.2. The summed E-state index contributed by atoms with van der Waals surface area (Å²) in [7, 11) is 1.59. The number of benzene rings is 2. The number of fused-ring (bicyclic) bond motifs is 1. The molecule has 1 fully saturated rings. The molecule has 1 N–H and O–H groups in total. The zero-order valence-corrected chi connectivity index (χ0v) is 22.3. The van der Waals surface area contributed by atoms with E-state index in [1.54, 1.807) is 26.2 Å². The molecular weight excluding hydrogens is 468 g/mol. The molecular formula is C29H38N4O4. The van der Waals surface area contributed by atoms with E-state index in [-0.39, 0.29) is 17.5 Å². The Balaban J connectivity index is 1.66. The molecule has 4 rings (SSSR count). The zero-order chi connectivity index (χ0) is 26.4. The van der Waals surface area contributed by atoms with Crippen LogP contribution in [-0.2, 0) is 4.79 Å². The molecule has 1 amide bonds. The maximum absolute atomic E-state index is 13.7. The summed E-state index contributed by atoms with van der Waals surface area (Å²) in [5, 5.41) is 3.35. The van der Waals surface area contributed by atoms with E-state index in [2.05, 4.69) is 10.2 Å². The van der Waals surface area contributed by atoms with Gasteiger partial charge in [-0.15, -0.1) is 0 Å². The Labute approximate surface area is 218 Å². The van der Waals surface area contributed by atoms with E-state index in [4.69, 9.17) is 14.5 Å². The number of likely N-dealkylation sites (tertiary alicyclic amines) is 1. The van der Waals surface area contributed by atoms with E-state index in [9.17, 15) is 9.59 Å². The minimum absolute atomic E-state index is 0.0473. The number of amides is 1. The lowest BCUT2D eigenvalue weighted by Crippen LogP contribution is -2.39. The van der Waals surface area contributed by atoms with E-state index in [1.807, 2.05) is 44.2 Å². The van der Waals surface area contributed by atoms with Gasteiger partial charge >= 0.3 is 0 Å². The molecule has 0 aliphatic carbocycles. The Bertz CT molecular complexity index is 1280. The number of carbonyl (C=O) groups excluding carboxylic acids is 1. The Morgan fingerprint density at radius 1 is 1.05 bits per heavy atom. The molecule has 0 spiro atoms. The lowest BCUT2D eigenvalue weighted by Gasteiger charge is -2.26. The lowest BCUT2D eigenvalue weighted by atomic mass is 10.1. The molecule has 0 radical (unpaired) electrons. The fourth-order valence-electron chi connectivity index (χ4n) is 4.78. The molecule has 0 unspecified atom stereocenters. The predicted octanol–water partition coefficient (Wildman–Crippen LogP) is 4.41. The van der Waals surface area contributed by atoms with Gasteiger partial charge in [-0.25, -0.2) is 4.98 Å². The number of hydrogen-bond acceptors (Lipinski definition) is 6. The van der Waals surface area contributed by atoms with Crippen LogP contribution in [-0.4, -0.2) is 59.8 Å². The number of nitrogens with one attached hydrogen (secondary N) is 1. The average molecular weight is 507 g/mol. The largest absolute Gasteiger partial charge is 0.497 e. The van der Waals surface area contributed by atoms with Crippen LogP contribution in [0.5, 0.6) is 11.5 Å². The van der Waals surface area contributed by atoms with Crippen molar-refractivity contribution in [1.29, 1.82) is 0 Å². The molecule has 198 valence electrons. The normalized spacial score (nSPS) is 15.1. The predicted molar refractivity (Wildman–Crippen MR) is 146 cm³/mol. The van der Waals surface area contributed by atoms with E-state index < -0.39 is 6.04 Å². The molecule has 3 aromatic rings. The van der Waals surface area contributed by atoms with Gasteiger partial charge in [0, 0.05) is 24.2 Å². The van der Waals surface area contributed by atoms with Gasteiger partial charge in [-0.2, -0.15) is 0 Å². The topological polar surface area (TPSA) is 85.7 Å². The summed E-state index contributed by atoms with van der Waals surface area (Å²) in [6.07, 6.45) is 4.84. The smallest absolute Gasteiger partial charge is 0.262 e. The minimum atomic E-state index is -0.751. The van der Waals surface area contributed by atoms with Crippen molar-refractivity contribution in [1.82, 2.24) is 19.8 Å². The van der Waals surface area contributed by atoms with Crippen molar-refractivity contribution in [3.8, 4) is 22.9 Å². The van der Waals surface area contributed by atoms with Crippen LogP contribution in [0.3, 0.4) is 0 Å². The van der Waals surface area contributed by atoms with Gasteiger partial charge in [0.25, 0.3) is 5.56 Å². The fourth-order valence-corrected chi connectivity index (χ4v) is 4.78. The first-order chi connectivity index (χ1) is 17.9. The van der Waals surface area contributed by atoms with Gasteiger partial charge in [-0.3, -0.25) is 14.2 Å². The van der Waals surface area contributed by atoms with Crippen LogP contribution in [0.15, 0.2) is 47.3 Å². The van der Waals surface area contributed by atoms with E-state index in [1.165, 1.54) is 36.9 Å². The monoisotopic (exact) mass is 506 g/mol. The Morgan fingerprint density at radius 3 is 2.57 bits per heavy atom. The van der Waals surface area contributed by atoms with Crippen LogP contribution < -0.4 is 20.3 Å². The van der Waals surface area contributed by atoms with Crippen LogP contribution >= 0.6 is 0 Å². The summed E-state index contributed by atoms with van der Waals surface area (Å²) >= 11 is 0. The average Bonchev–Trinajstić information content (AvgIpc) is 2.90. The van der Waals surface area contributed by atoms with Gasteiger partial charge in [0.05, 0.1) is 24.6 Å². The maximum Gasteiger partial charge on any atom is 0.262 e. The number of ether oxygens (including phenoxy) is 2. The number of hydrogen-bond donors (Lipinski definition) is 1. The Morgan fingerprint density at radius 2 is 1.84 bits per heavy atom. The SMILES string of the molecule is COc1cccc(-c2nc3cc(OCCCN4CCCCC4)ccc3c(=O)n2[C@@H](C)C(=O)NC(C)C)c1. The van der Waals surface area contributed by atoms with Crippen LogP contribution in [0.1, 0.15) is 52.5 Å².